The molecule has 3 atom stereocenters. The molecule has 0 amide bonds. The van der Waals surface area contributed by atoms with Crippen LogP contribution in [-0.4, -0.2) is 29.3 Å². The van der Waals surface area contributed by atoms with E-state index in [0.717, 1.165) is 23.2 Å². The van der Waals surface area contributed by atoms with Crippen molar-refractivity contribution in [1.82, 2.24) is 0 Å². The van der Waals surface area contributed by atoms with Gasteiger partial charge in [0.2, 0.25) is 0 Å². The largest absolute Gasteiger partial charge is 0.495 e. The van der Waals surface area contributed by atoms with E-state index >= 15 is 0 Å². The molecular weight excluding hydrogens is 346 g/mol. The maximum atomic E-state index is 11.5. The van der Waals surface area contributed by atoms with Crippen LogP contribution >= 0.6 is 0 Å². The molecule has 0 radical (unpaired) electrons. The second-order valence-corrected chi connectivity index (χ2v) is 6.85. The summed E-state index contributed by atoms with van der Waals surface area (Å²) in [5.41, 5.74) is 3.16. The highest BCUT2D eigenvalue weighted by atomic mass is 16.5. The number of carboxylic acid groups (broad SMARTS) is 2. The fraction of sp³-hybridized carbons (Fsp3) is 0.238. The van der Waals surface area contributed by atoms with E-state index < -0.39 is 11.9 Å². The number of nitrogens with one attached hydrogen (secondary N) is 1. The molecule has 0 saturated carbocycles. The number of hydrogen-bond acceptors (Lipinski definition) is 4. The van der Waals surface area contributed by atoms with Gasteiger partial charge in [0.05, 0.1) is 30.0 Å². The molecule has 138 valence electrons. The first-order valence-electron chi connectivity index (χ1n) is 8.71. The van der Waals surface area contributed by atoms with E-state index in [0.29, 0.717) is 5.75 Å². The second kappa shape index (κ2) is 6.46. The minimum atomic E-state index is -0.985. The van der Waals surface area contributed by atoms with E-state index in [2.05, 4.69) is 17.5 Å². The van der Waals surface area contributed by atoms with Gasteiger partial charge in [-0.2, -0.15) is 0 Å². The molecule has 0 spiro atoms. The highest BCUT2D eigenvalue weighted by molar-refractivity contribution is 5.90. The molecule has 0 unspecified atom stereocenters. The lowest BCUT2D eigenvalue weighted by molar-refractivity contribution is 0.0685. The van der Waals surface area contributed by atoms with E-state index in [9.17, 15) is 14.7 Å². The number of aromatic carboxylic acids is 2. The molecule has 27 heavy (non-hydrogen) atoms. The zero-order valence-corrected chi connectivity index (χ0v) is 14.7. The van der Waals surface area contributed by atoms with E-state index in [1.165, 1.54) is 13.2 Å². The third-order valence-electron chi connectivity index (χ3n) is 5.42. The maximum Gasteiger partial charge on any atom is 0.335 e. The van der Waals surface area contributed by atoms with Gasteiger partial charge in [-0.15, -0.1) is 0 Å². The van der Waals surface area contributed by atoms with Gasteiger partial charge in [-0.1, -0.05) is 24.3 Å². The zero-order valence-electron chi connectivity index (χ0n) is 14.7. The van der Waals surface area contributed by atoms with Crippen LogP contribution in [0.5, 0.6) is 5.75 Å². The molecule has 6 heteroatoms. The summed E-state index contributed by atoms with van der Waals surface area (Å²) in [5.74, 6) is -1.14. The summed E-state index contributed by atoms with van der Waals surface area (Å²) in [6.45, 7) is 0. The molecule has 4 rings (SSSR count). The fourth-order valence-corrected chi connectivity index (χ4v) is 4.11. The van der Waals surface area contributed by atoms with Crippen LogP contribution in [0.4, 0.5) is 5.69 Å². The standard InChI is InChI=1S/C21H19NO5/c1-27-17-10-13(21(25)26)9-16-14-3-2-4-15(14)18(22-19(16)17)11-5-7-12(8-6-11)20(23)24/h2-3,5-10,14-15,18,22H,4H2,1H3,(H,23,24)(H,25,26)/t14-,15+,18+/m0/s1. The zero-order chi connectivity index (χ0) is 19.1. The molecule has 0 saturated heterocycles. The van der Waals surface area contributed by atoms with Crippen molar-refractivity contribution in [3.63, 3.8) is 0 Å². The highest BCUT2D eigenvalue weighted by Crippen LogP contribution is 2.52. The summed E-state index contributed by atoms with van der Waals surface area (Å²) in [6, 6.07) is 10.1. The number of anilines is 1. The van der Waals surface area contributed by atoms with Crippen LogP contribution in [0.25, 0.3) is 0 Å². The van der Waals surface area contributed by atoms with Crippen LogP contribution in [0.2, 0.25) is 0 Å². The van der Waals surface area contributed by atoms with E-state index in [-0.39, 0.29) is 29.0 Å². The van der Waals surface area contributed by atoms with Crippen LogP contribution in [0, 0.1) is 5.92 Å². The minimum absolute atomic E-state index is 0.0232. The third kappa shape index (κ3) is 2.83. The normalized spacial score (nSPS) is 22.5. The molecule has 1 aliphatic carbocycles. The predicted octanol–water partition coefficient (Wildman–Crippen LogP) is 3.92. The van der Waals surface area contributed by atoms with Gasteiger partial charge in [-0.3, -0.25) is 0 Å². The number of fused-ring (bicyclic) bond motifs is 3. The molecule has 0 bridgehead atoms. The Bertz CT molecular complexity index is 948. The maximum absolute atomic E-state index is 11.5. The summed E-state index contributed by atoms with van der Waals surface area (Å²) in [6.07, 6.45) is 5.10. The van der Waals surface area contributed by atoms with Crippen molar-refractivity contribution in [2.24, 2.45) is 5.92 Å². The lowest BCUT2D eigenvalue weighted by Gasteiger charge is -2.38. The lowest BCUT2D eigenvalue weighted by atomic mass is 9.76. The second-order valence-electron chi connectivity index (χ2n) is 6.85. The van der Waals surface area contributed by atoms with Crippen molar-refractivity contribution in [1.29, 1.82) is 0 Å². The summed E-state index contributed by atoms with van der Waals surface area (Å²) in [5, 5.41) is 22.0. The number of carbonyl (C=O) groups is 2. The molecule has 1 aliphatic heterocycles. The van der Waals surface area contributed by atoms with E-state index in [1.54, 1.807) is 18.2 Å². The van der Waals surface area contributed by atoms with Gasteiger partial charge in [-0.05, 0) is 47.7 Å². The van der Waals surface area contributed by atoms with Crippen molar-refractivity contribution in [2.45, 2.75) is 18.4 Å². The molecule has 0 fully saturated rings. The smallest absolute Gasteiger partial charge is 0.335 e. The van der Waals surface area contributed by atoms with Gasteiger partial charge in [0, 0.05) is 5.92 Å². The number of allylic oxidation sites excluding steroid dienone is 2. The number of benzene rings is 2. The third-order valence-corrected chi connectivity index (χ3v) is 5.42. The van der Waals surface area contributed by atoms with Crippen LogP contribution < -0.4 is 10.1 Å². The Morgan fingerprint density at radius 1 is 1.07 bits per heavy atom. The van der Waals surface area contributed by atoms with Crippen molar-refractivity contribution < 1.29 is 24.5 Å². The summed E-state index contributed by atoms with van der Waals surface area (Å²) < 4.78 is 5.46. The Balaban J connectivity index is 1.79. The Morgan fingerprint density at radius 3 is 2.41 bits per heavy atom. The first-order chi connectivity index (χ1) is 13.0. The highest BCUT2D eigenvalue weighted by Gasteiger charge is 2.39. The average Bonchev–Trinajstić information content (AvgIpc) is 3.16. The van der Waals surface area contributed by atoms with Gasteiger partial charge in [0.1, 0.15) is 5.75 Å². The summed E-state index contributed by atoms with van der Waals surface area (Å²) in [7, 11) is 1.52. The molecule has 1 heterocycles. The SMILES string of the molecule is COc1cc(C(=O)O)cc2c1N[C@H](c1ccc(C(=O)O)cc1)[C@@H]1CC=C[C@H]21. The van der Waals surface area contributed by atoms with Gasteiger partial charge < -0.3 is 20.3 Å². The summed E-state index contributed by atoms with van der Waals surface area (Å²) in [4.78, 5) is 22.6. The topological polar surface area (TPSA) is 95.9 Å². The molecule has 6 nitrogen and oxygen atoms in total. The number of methoxy groups -OCH3 is 1. The van der Waals surface area contributed by atoms with Gasteiger partial charge in [-0.25, -0.2) is 9.59 Å². The number of hydrogen-bond donors (Lipinski definition) is 3. The number of rotatable bonds is 4. The Morgan fingerprint density at radius 2 is 1.78 bits per heavy atom. The van der Waals surface area contributed by atoms with Gasteiger partial charge in [0.25, 0.3) is 0 Å². The predicted molar refractivity (Wildman–Crippen MR) is 99.7 cm³/mol. The van der Waals surface area contributed by atoms with Gasteiger partial charge >= 0.3 is 11.9 Å². The molecule has 2 aromatic rings. The number of ether oxygens (including phenoxy) is 1. The number of carboxylic acids is 2. The average molecular weight is 365 g/mol. The van der Waals surface area contributed by atoms with Crippen LogP contribution in [0.1, 0.15) is 50.2 Å². The fourth-order valence-electron chi connectivity index (χ4n) is 4.11. The van der Waals surface area contributed by atoms with Crippen molar-refractivity contribution >= 4 is 17.6 Å². The summed E-state index contributed by atoms with van der Waals surface area (Å²) >= 11 is 0. The lowest BCUT2D eigenvalue weighted by Crippen LogP contribution is -2.29. The molecule has 2 aliphatic rings. The van der Waals surface area contributed by atoms with Crippen molar-refractivity contribution in [2.75, 3.05) is 12.4 Å². The van der Waals surface area contributed by atoms with Crippen molar-refractivity contribution in [3.8, 4) is 5.75 Å². The minimum Gasteiger partial charge on any atom is -0.495 e. The van der Waals surface area contributed by atoms with Crippen molar-refractivity contribution in [3.05, 3.63) is 70.8 Å². The molecular formula is C21H19NO5. The van der Waals surface area contributed by atoms with E-state index in [4.69, 9.17) is 9.84 Å². The van der Waals surface area contributed by atoms with Crippen LogP contribution in [0.15, 0.2) is 48.6 Å². The molecule has 2 aromatic carbocycles. The molecule has 3 N–H and O–H groups in total. The Hall–Kier alpha value is -3.28. The van der Waals surface area contributed by atoms with E-state index in [1.807, 2.05) is 12.1 Å². The first kappa shape index (κ1) is 17.1. The Kier molecular flexibility index (Phi) is 4.11. The van der Waals surface area contributed by atoms with Crippen LogP contribution in [-0.2, 0) is 0 Å². The Labute approximate surface area is 156 Å². The molecule has 0 aromatic heterocycles. The quantitative estimate of drug-likeness (QED) is 0.711. The van der Waals surface area contributed by atoms with Crippen LogP contribution in [0.3, 0.4) is 0 Å². The van der Waals surface area contributed by atoms with Gasteiger partial charge in [0.15, 0.2) is 0 Å². The first-order valence-corrected chi connectivity index (χ1v) is 8.71. The monoisotopic (exact) mass is 365 g/mol.